The van der Waals surface area contributed by atoms with Crippen LogP contribution in [0.5, 0.6) is 0 Å². The number of carbonyl (C=O) groups excluding carboxylic acids is 2. The van der Waals surface area contributed by atoms with Crippen LogP contribution in [0, 0.1) is 40.4 Å². The predicted octanol–water partition coefficient (Wildman–Crippen LogP) is 4.62. The van der Waals surface area contributed by atoms with Crippen molar-refractivity contribution in [3.63, 3.8) is 0 Å². The predicted molar refractivity (Wildman–Crippen MR) is 133 cm³/mol. The van der Waals surface area contributed by atoms with E-state index in [0.29, 0.717) is 35.8 Å². The van der Waals surface area contributed by atoms with Crippen molar-refractivity contribution in [2.75, 3.05) is 7.11 Å². The van der Waals surface area contributed by atoms with E-state index in [1.165, 1.54) is 52.6 Å². The Balaban J connectivity index is 1.50. The lowest BCUT2D eigenvalue weighted by Crippen LogP contribution is -2.65. The third-order valence-corrected chi connectivity index (χ3v) is 11.5. The molecule has 5 rings (SSSR count). The van der Waals surface area contributed by atoms with E-state index < -0.39 is 12.2 Å². The minimum Gasteiger partial charge on any atom is -0.469 e. The first kappa shape index (κ1) is 25.5. The van der Waals surface area contributed by atoms with E-state index in [1.54, 1.807) is 0 Å². The number of esters is 2. The number of carbonyl (C=O) groups is 2. The molecular formula is C29H47NO5. The van der Waals surface area contributed by atoms with Gasteiger partial charge in [0.05, 0.1) is 19.1 Å². The molecule has 5 aliphatic rings. The summed E-state index contributed by atoms with van der Waals surface area (Å²) in [7, 11) is 1.54. The number of hydrogen-bond acceptors (Lipinski definition) is 6. The van der Waals surface area contributed by atoms with Crippen LogP contribution in [0.4, 0.5) is 0 Å². The Kier molecular flexibility index (Phi) is 7.02. The van der Waals surface area contributed by atoms with Crippen LogP contribution in [0.1, 0.15) is 97.8 Å². The molecule has 0 aliphatic heterocycles. The molecule has 0 spiro atoms. The van der Waals surface area contributed by atoms with Gasteiger partial charge in [0.25, 0.3) is 0 Å². The molecule has 5 aliphatic carbocycles. The van der Waals surface area contributed by atoms with E-state index >= 15 is 0 Å². The highest BCUT2D eigenvalue weighted by molar-refractivity contribution is 5.74. The van der Waals surface area contributed by atoms with Crippen molar-refractivity contribution in [3.05, 3.63) is 0 Å². The summed E-state index contributed by atoms with van der Waals surface area (Å²) < 4.78 is 11.0. The van der Waals surface area contributed by atoms with Crippen LogP contribution in [0.3, 0.4) is 0 Å². The molecule has 5 unspecified atom stereocenters. The van der Waals surface area contributed by atoms with E-state index in [-0.39, 0.29) is 28.7 Å². The first-order valence-corrected chi connectivity index (χ1v) is 14.4. The van der Waals surface area contributed by atoms with E-state index in [0.717, 1.165) is 38.5 Å². The second-order valence-electron chi connectivity index (χ2n) is 13.2. The van der Waals surface area contributed by atoms with Gasteiger partial charge in [-0.05, 0) is 92.3 Å². The molecule has 0 aromatic rings. The van der Waals surface area contributed by atoms with Crippen LogP contribution >= 0.6 is 0 Å². The van der Waals surface area contributed by atoms with Crippen molar-refractivity contribution < 1.29 is 24.2 Å². The molecule has 0 heterocycles. The second-order valence-corrected chi connectivity index (χ2v) is 13.2. The van der Waals surface area contributed by atoms with E-state index in [2.05, 4.69) is 19.2 Å². The summed E-state index contributed by atoms with van der Waals surface area (Å²) in [5.74, 6) is 1.67. The van der Waals surface area contributed by atoms with Gasteiger partial charge in [0, 0.05) is 19.0 Å². The topological polar surface area (TPSA) is 84.9 Å². The van der Waals surface area contributed by atoms with E-state index in [9.17, 15) is 14.7 Å². The van der Waals surface area contributed by atoms with Crippen molar-refractivity contribution in [1.29, 1.82) is 0 Å². The number of rotatable bonds is 4. The number of hydrogen-bond donors (Lipinski definition) is 2. The van der Waals surface area contributed by atoms with Gasteiger partial charge >= 0.3 is 11.9 Å². The van der Waals surface area contributed by atoms with Gasteiger partial charge in [0.15, 0.2) is 0 Å². The van der Waals surface area contributed by atoms with Gasteiger partial charge in [-0.15, -0.1) is 0 Å². The average molecular weight is 490 g/mol. The highest BCUT2D eigenvalue weighted by Crippen LogP contribution is 2.67. The lowest BCUT2D eigenvalue weighted by Gasteiger charge is -2.64. The number of methoxy groups -OCH3 is 1. The lowest BCUT2D eigenvalue weighted by molar-refractivity contribution is -0.189. The van der Waals surface area contributed by atoms with E-state index in [1.807, 2.05) is 0 Å². The fourth-order valence-electron chi connectivity index (χ4n) is 10.0. The smallest absolute Gasteiger partial charge is 0.309 e. The minimum absolute atomic E-state index is 0.0124. The summed E-state index contributed by atoms with van der Waals surface area (Å²) in [5.41, 5.74) is -0.0213. The van der Waals surface area contributed by atoms with Gasteiger partial charge in [0.1, 0.15) is 6.10 Å². The third kappa shape index (κ3) is 4.35. The molecule has 35 heavy (non-hydrogen) atoms. The maximum Gasteiger partial charge on any atom is 0.309 e. The number of aliphatic hydroxyl groups is 1. The first-order chi connectivity index (χ1) is 16.7. The summed E-state index contributed by atoms with van der Waals surface area (Å²) in [6.45, 7) is 6.26. The van der Waals surface area contributed by atoms with Gasteiger partial charge in [-0.1, -0.05) is 33.1 Å². The second kappa shape index (κ2) is 9.63. The maximum atomic E-state index is 12.9. The van der Waals surface area contributed by atoms with Gasteiger partial charge in [0.2, 0.25) is 0 Å². The monoisotopic (exact) mass is 489 g/mol. The van der Waals surface area contributed by atoms with Crippen molar-refractivity contribution in [3.8, 4) is 0 Å². The first-order valence-electron chi connectivity index (χ1n) is 14.4. The average Bonchev–Trinajstić information content (AvgIpc) is 3.16. The molecule has 0 bridgehead atoms. The Morgan fingerprint density at radius 3 is 2.37 bits per heavy atom. The fourth-order valence-corrected chi connectivity index (χ4v) is 10.0. The van der Waals surface area contributed by atoms with Crippen LogP contribution in [0.15, 0.2) is 0 Å². The Morgan fingerprint density at radius 1 is 0.943 bits per heavy atom. The van der Waals surface area contributed by atoms with Crippen molar-refractivity contribution in [2.45, 2.75) is 122 Å². The van der Waals surface area contributed by atoms with Crippen LogP contribution in [-0.4, -0.2) is 48.4 Å². The zero-order valence-corrected chi connectivity index (χ0v) is 22.3. The lowest BCUT2D eigenvalue weighted by atomic mass is 9.43. The van der Waals surface area contributed by atoms with Crippen molar-refractivity contribution in [2.24, 2.45) is 40.4 Å². The van der Waals surface area contributed by atoms with Crippen LogP contribution in [0.2, 0.25) is 0 Å². The molecule has 0 amide bonds. The van der Waals surface area contributed by atoms with Gasteiger partial charge in [-0.2, -0.15) is 0 Å². The number of fused-ring (bicyclic) bond motifs is 5. The third-order valence-electron chi connectivity index (χ3n) is 11.5. The van der Waals surface area contributed by atoms with Crippen molar-refractivity contribution in [1.82, 2.24) is 5.32 Å². The zero-order valence-electron chi connectivity index (χ0n) is 22.3. The van der Waals surface area contributed by atoms with Crippen LogP contribution < -0.4 is 5.32 Å². The molecule has 10 atom stereocenters. The zero-order chi connectivity index (χ0) is 25.0. The fraction of sp³-hybridized carbons (Fsp3) is 0.931. The number of nitrogens with one attached hydrogen (secondary N) is 1. The van der Waals surface area contributed by atoms with Gasteiger partial charge in [-0.3, -0.25) is 9.59 Å². The van der Waals surface area contributed by atoms with Gasteiger partial charge < -0.3 is 19.9 Å². The van der Waals surface area contributed by atoms with Crippen LogP contribution in [0.25, 0.3) is 0 Å². The normalized spacial score (nSPS) is 47.8. The van der Waals surface area contributed by atoms with Crippen LogP contribution in [-0.2, 0) is 19.1 Å². The van der Waals surface area contributed by atoms with Crippen molar-refractivity contribution >= 4 is 11.9 Å². The summed E-state index contributed by atoms with van der Waals surface area (Å²) in [6, 6.07) is 0.894. The largest absolute Gasteiger partial charge is 0.469 e. The number of ether oxygens (including phenoxy) is 2. The Bertz CT molecular complexity index is 811. The molecule has 6 heteroatoms. The standard InChI is InChI=1S/C29H47NO5/c1-17(31)35-25-16-28(2)18(14-24(25)32)10-11-20-21-12-13-22(27(33)34-4)29(21,3)15-23(26(20)28)30-19-8-6-5-7-9-19/h18-26,30,32H,5-16H2,1-4H3/t18?,20-,21-,22?,23?,24?,25?,26-,28-,29-/m0/s1. The Labute approximate surface area is 211 Å². The summed E-state index contributed by atoms with van der Waals surface area (Å²) >= 11 is 0. The molecule has 5 fully saturated rings. The maximum absolute atomic E-state index is 12.9. The summed E-state index contributed by atoms with van der Waals surface area (Å²) in [5, 5.41) is 15.0. The quantitative estimate of drug-likeness (QED) is 0.561. The molecule has 0 aromatic carbocycles. The molecule has 5 saturated carbocycles. The van der Waals surface area contributed by atoms with E-state index in [4.69, 9.17) is 9.47 Å². The molecule has 0 saturated heterocycles. The minimum atomic E-state index is -0.567. The molecule has 0 aromatic heterocycles. The highest BCUT2D eigenvalue weighted by atomic mass is 16.6. The summed E-state index contributed by atoms with van der Waals surface area (Å²) in [6.07, 6.45) is 12.2. The Hall–Kier alpha value is -1.14. The number of aliphatic hydroxyl groups excluding tert-OH is 1. The Morgan fingerprint density at radius 2 is 1.69 bits per heavy atom. The SMILES string of the molecule is COC(=O)C1CC[C@H]2[C@@H]3CCC4CC(O)C(OC(C)=O)C[C@]4(C)[C@@H]3C(NC3CCCCC3)C[C@]12C. The molecular weight excluding hydrogens is 442 g/mol. The van der Waals surface area contributed by atoms with Gasteiger partial charge in [-0.25, -0.2) is 0 Å². The molecule has 2 N–H and O–H groups in total. The molecule has 6 nitrogen and oxygen atoms in total. The highest BCUT2D eigenvalue weighted by Gasteiger charge is 2.65. The molecule has 0 radical (unpaired) electrons. The summed E-state index contributed by atoms with van der Waals surface area (Å²) in [4.78, 5) is 24.7. The molecule has 198 valence electrons.